The fourth-order valence-electron chi connectivity index (χ4n) is 3.08. The third-order valence-corrected chi connectivity index (χ3v) is 4.72. The van der Waals surface area contributed by atoms with E-state index in [1.54, 1.807) is 0 Å². The number of rotatable bonds is 19. The molecule has 0 radical (unpaired) electrons. The van der Waals surface area contributed by atoms with E-state index in [0.29, 0.717) is 13.2 Å². The maximum atomic E-state index is 9.35. The molecule has 0 saturated carbocycles. The van der Waals surface area contributed by atoms with E-state index in [0.717, 1.165) is 19.3 Å². The van der Waals surface area contributed by atoms with Crippen molar-refractivity contribution in [2.75, 3.05) is 13.2 Å². The Morgan fingerprint density at radius 2 is 0.826 bits per heavy atom. The van der Waals surface area contributed by atoms with Crippen LogP contribution >= 0.6 is 0 Å². The van der Waals surface area contributed by atoms with Gasteiger partial charge < -0.3 is 15.9 Å². The number of aliphatic hydroxyl groups is 2. The van der Waals surface area contributed by atoms with Gasteiger partial charge in [0, 0.05) is 13.2 Å². The summed E-state index contributed by atoms with van der Waals surface area (Å²) in [5.74, 6) is 0. The maximum absolute atomic E-state index is 9.35. The first-order chi connectivity index (χ1) is 11.3. The van der Waals surface area contributed by atoms with Crippen LogP contribution < -0.4 is 5.73 Å². The van der Waals surface area contributed by atoms with E-state index < -0.39 is 0 Å². The monoisotopic (exact) mass is 329 g/mol. The van der Waals surface area contributed by atoms with Gasteiger partial charge in [-0.05, 0) is 12.8 Å². The van der Waals surface area contributed by atoms with Gasteiger partial charge in [0.1, 0.15) is 0 Å². The summed E-state index contributed by atoms with van der Waals surface area (Å²) in [7, 11) is 0. The Bertz CT molecular complexity index is 212. The maximum Gasteiger partial charge on any atom is 0.0662 e. The molecule has 3 heteroatoms. The van der Waals surface area contributed by atoms with Gasteiger partial charge in [-0.1, -0.05) is 96.3 Å². The standard InChI is InChI=1S/C20H43NO2/c21-19-20(23)17-15-13-11-9-7-5-3-1-2-4-6-8-10-12-14-16-18-22/h20,22-23H,1-19,21H2. The third kappa shape index (κ3) is 19.8. The molecule has 0 amide bonds. The van der Waals surface area contributed by atoms with Gasteiger partial charge in [-0.2, -0.15) is 0 Å². The number of hydrogen-bond donors (Lipinski definition) is 3. The molecule has 0 spiro atoms. The second-order valence-corrected chi connectivity index (χ2v) is 7.06. The Balaban J connectivity index is 2.97. The van der Waals surface area contributed by atoms with Crippen molar-refractivity contribution < 1.29 is 10.2 Å². The molecule has 0 heterocycles. The van der Waals surface area contributed by atoms with E-state index in [1.165, 1.54) is 89.9 Å². The normalized spacial score (nSPS) is 12.7. The van der Waals surface area contributed by atoms with E-state index in [4.69, 9.17) is 10.8 Å². The summed E-state index contributed by atoms with van der Waals surface area (Å²) in [4.78, 5) is 0. The summed E-state index contributed by atoms with van der Waals surface area (Å²) in [5.41, 5.74) is 5.39. The minimum absolute atomic E-state index is 0.282. The average molecular weight is 330 g/mol. The van der Waals surface area contributed by atoms with Crippen LogP contribution in [0.25, 0.3) is 0 Å². The lowest BCUT2D eigenvalue weighted by Gasteiger charge is -2.06. The molecule has 3 nitrogen and oxygen atoms in total. The largest absolute Gasteiger partial charge is 0.396 e. The second-order valence-electron chi connectivity index (χ2n) is 7.06. The highest BCUT2D eigenvalue weighted by molar-refractivity contribution is 4.56. The molecule has 0 saturated heterocycles. The molecule has 4 N–H and O–H groups in total. The Labute approximate surface area is 145 Å². The first-order valence-electron chi connectivity index (χ1n) is 10.3. The predicted octanol–water partition coefficient (Wildman–Crippen LogP) is 4.93. The molecule has 0 aromatic heterocycles. The summed E-state index contributed by atoms with van der Waals surface area (Å²) in [6.45, 7) is 0.765. The summed E-state index contributed by atoms with van der Waals surface area (Å²) >= 11 is 0. The Morgan fingerprint density at radius 3 is 1.13 bits per heavy atom. The SMILES string of the molecule is NCC(O)CCCCCCCCCCCCCCCCCCO. The molecule has 0 aliphatic carbocycles. The fraction of sp³-hybridized carbons (Fsp3) is 1.00. The van der Waals surface area contributed by atoms with Crippen molar-refractivity contribution in [2.45, 2.75) is 115 Å². The number of hydrogen-bond acceptors (Lipinski definition) is 3. The van der Waals surface area contributed by atoms with Crippen LogP contribution in [-0.2, 0) is 0 Å². The molecule has 0 fully saturated rings. The van der Waals surface area contributed by atoms with Crippen LogP contribution in [0.5, 0.6) is 0 Å². The lowest BCUT2D eigenvalue weighted by molar-refractivity contribution is 0.168. The lowest BCUT2D eigenvalue weighted by atomic mass is 10.0. The van der Waals surface area contributed by atoms with Gasteiger partial charge in [0.2, 0.25) is 0 Å². The van der Waals surface area contributed by atoms with E-state index >= 15 is 0 Å². The zero-order chi connectivity index (χ0) is 17.0. The molecule has 0 aliphatic rings. The van der Waals surface area contributed by atoms with E-state index in [1.807, 2.05) is 0 Å². The molecule has 0 aromatic rings. The van der Waals surface area contributed by atoms with Crippen molar-refractivity contribution in [1.82, 2.24) is 0 Å². The van der Waals surface area contributed by atoms with Crippen LogP contribution in [-0.4, -0.2) is 29.5 Å². The van der Waals surface area contributed by atoms with Crippen molar-refractivity contribution >= 4 is 0 Å². The molecule has 1 atom stereocenters. The van der Waals surface area contributed by atoms with Crippen molar-refractivity contribution in [2.24, 2.45) is 5.73 Å². The highest BCUT2D eigenvalue weighted by Crippen LogP contribution is 2.14. The summed E-state index contributed by atoms with van der Waals surface area (Å²) in [5, 5.41) is 18.0. The molecular weight excluding hydrogens is 286 g/mol. The molecule has 140 valence electrons. The fourth-order valence-corrected chi connectivity index (χ4v) is 3.08. The summed E-state index contributed by atoms with van der Waals surface area (Å²) in [6, 6.07) is 0. The van der Waals surface area contributed by atoms with Gasteiger partial charge in [0.05, 0.1) is 6.10 Å². The van der Waals surface area contributed by atoms with Crippen molar-refractivity contribution in [3.05, 3.63) is 0 Å². The van der Waals surface area contributed by atoms with Crippen molar-refractivity contribution in [1.29, 1.82) is 0 Å². The zero-order valence-corrected chi connectivity index (χ0v) is 15.5. The van der Waals surface area contributed by atoms with Crippen LogP contribution in [0.4, 0.5) is 0 Å². The van der Waals surface area contributed by atoms with Gasteiger partial charge in [-0.3, -0.25) is 0 Å². The van der Waals surface area contributed by atoms with Crippen LogP contribution in [0, 0.1) is 0 Å². The third-order valence-electron chi connectivity index (χ3n) is 4.72. The first-order valence-corrected chi connectivity index (χ1v) is 10.3. The molecule has 0 rings (SSSR count). The summed E-state index contributed by atoms with van der Waals surface area (Å²) < 4.78 is 0. The van der Waals surface area contributed by atoms with Gasteiger partial charge >= 0.3 is 0 Å². The van der Waals surface area contributed by atoms with Gasteiger partial charge in [0.15, 0.2) is 0 Å². The minimum Gasteiger partial charge on any atom is -0.396 e. The number of aliphatic hydroxyl groups excluding tert-OH is 2. The molecule has 0 aliphatic heterocycles. The van der Waals surface area contributed by atoms with Crippen LogP contribution in [0.1, 0.15) is 109 Å². The van der Waals surface area contributed by atoms with Crippen LogP contribution in [0.3, 0.4) is 0 Å². The van der Waals surface area contributed by atoms with E-state index in [9.17, 15) is 5.11 Å². The lowest BCUT2D eigenvalue weighted by Crippen LogP contribution is -2.19. The zero-order valence-electron chi connectivity index (χ0n) is 15.5. The number of unbranched alkanes of at least 4 members (excludes halogenated alkanes) is 15. The Morgan fingerprint density at radius 1 is 0.522 bits per heavy atom. The smallest absolute Gasteiger partial charge is 0.0662 e. The van der Waals surface area contributed by atoms with E-state index in [-0.39, 0.29) is 6.10 Å². The van der Waals surface area contributed by atoms with Gasteiger partial charge in [-0.15, -0.1) is 0 Å². The predicted molar refractivity (Wildman–Crippen MR) is 101 cm³/mol. The van der Waals surface area contributed by atoms with Crippen LogP contribution in [0.15, 0.2) is 0 Å². The molecule has 0 aromatic carbocycles. The Hall–Kier alpha value is -0.120. The topological polar surface area (TPSA) is 66.5 Å². The molecular formula is C20H43NO2. The van der Waals surface area contributed by atoms with Gasteiger partial charge in [0.25, 0.3) is 0 Å². The van der Waals surface area contributed by atoms with Crippen molar-refractivity contribution in [3.63, 3.8) is 0 Å². The average Bonchev–Trinajstić information content (AvgIpc) is 2.57. The molecule has 0 bridgehead atoms. The molecule has 1 unspecified atom stereocenters. The Kier molecular flexibility index (Phi) is 19.8. The highest BCUT2D eigenvalue weighted by Gasteiger charge is 1.99. The molecule has 23 heavy (non-hydrogen) atoms. The van der Waals surface area contributed by atoms with E-state index in [2.05, 4.69) is 0 Å². The minimum atomic E-state index is -0.282. The van der Waals surface area contributed by atoms with Crippen LogP contribution in [0.2, 0.25) is 0 Å². The van der Waals surface area contributed by atoms with Crippen molar-refractivity contribution in [3.8, 4) is 0 Å². The second kappa shape index (κ2) is 19.9. The first kappa shape index (κ1) is 22.9. The van der Waals surface area contributed by atoms with Gasteiger partial charge in [-0.25, -0.2) is 0 Å². The quantitative estimate of drug-likeness (QED) is 0.294. The summed E-state index contributed by atoms with van der Waals surface area (Å²) in [6.07, 6.45) is 21.6. The number of nitrogens with two attached hydrogens (primary N) is 1. The highest BCUT2D eigenvalue weighted by atomic mass is 16.3.